The van der Waals surface area contributed by atoms with Crippen molar-refractivity contribution in [3.8, 4) is 0 Å². The Bertz CT molecular complexity index is 1220. The third-order valence-corrected chi connectivity index (χ3v) is 12.7. The molecule has 1 unspecified atom stereocenters. The Morgan fingerprint density at radius 2 is 1.21 bits per heavy atom. The van der Waals surface area contributed by atoms with Gasteiger partial charge in [-0.3, -0.25) is 27.4 Å². The lowest BCUT2D eigenvalue weighted by Crippen LogP contribution is -2.32. The first-order valence-electron chi connectivity index (χ1n) is 17.3. The molecule has 1 atom stereocenters. The summed E-state index contributed by atoms with van der Waals surface area (Å²) in [7, 11) is -9.15. The molecular formula is C36H63O10PS. The molecule has 12 heteroatoms. The van der Waals surface area contributed by atoms with E-state index in [4.69, 9.17) is 22.7 Å². The third kappa shape index (κ3) is 17.7. The van der Waals surface area contributed by atoms with Gasteiger partial charge >= 0.3 is 19.5 Å². The molecule has 0 N–H and O–H groups in total. The lowest BCUT2D eigenvalue weighted by Gasteiger charge is -2.29. The normalized spacial score (nSPS) is 16.4. The first-order chi connectivity index (χ1) is 22.2. The molecule has 1 aliphatic rings. The van der Waals surface area contributed by atoms with Crippen LogP contribution in [0, 0.1) is 10.8 Å². The smallest absolute Gasteiger partial charge is 0.357 e. The van der Waals surface area contributed by atoms with Crippen molar-refractivity contribution in [1.29, 1.82) is 0 Å². The molecule has 48 heavy (non-hydrogen) atoms. The van der Waals surface area contributed by atoms with E-state index < -0.39 is 65.2 Å². The van der Waals surface area contributed by atoms with Gasteiger partial charge in [-0.05, 0) is 127 Å². The van der Waals surface area contributed by atoms with E-state index in [1.807, 2.05) is 6.92 Å². The molecule has 278 valence electrons. The van der Waals surface area contributed by atoms with Crippen molar-refractivity contribution in [1.82, 2.24) is 0 Å². The van der Waals surface area contributed by atoms with Crippen molar-refractivity contribution in [3.63, 3.8) is 0 Å². The average Bonchev–Trinajstić information content (AvgIpc) is 2.95. The summed E-state index contributed by atoms with van der Waals surface area (Å²) < 4.78 is 69.0. The number of hydrogen-bond donors (Lipinski definition) is 0. The van der Waals surface area contributed by atoms with Gasteiger partial charge in [0.05, 0.1) is 16.9 Å². The van der Waals surface area contributed by atoms with Crippen LogP contribution in [-0.2, 0) is 47.0 Å². The summed E-state index contributed by atoms with van der Waals surface area (Å²) in [5.41, 5.74) is 2.08. The largest absolute Gasteiger partial charge is 0.438 e. The minimum atomic E-state index is -4.64. The summed E-state index contributed by atoms with van der Waals surface area (Å²) in [6.07, 6.45) is 14.4. The monoisotopic (exact) mass is 718 g/mol. The van der Waals surface area contributed by atoms with Crippen LogP contribution in [0.3, 0.4) is 0 Å². The van der Waals surface area contributed by atoms with E-state index >= 15 is 0 Å². The standard InChI is InChI=1S/C36H63O10PS/c1-28(2)18-16-20-30(4)22-17-21-29(3)19-14-15-25-32(48(40,41)46-31-23-12-11-13-24-31)47(39,44-26-42-33(37)35(5,6)7)45-27-43-34(38)36(8,9)10/h18-19,22,31-32H,11-17,20-21,23-27H2,1-10H3/b29-19+,30-22+. The van der Waals surface area contributed by atoms with Gasteiger partial charge in [0.2, 0.25) is 13.6 Å². The predicted molar refractivity (Wildman–Crippen MR) is 191 cm³/mol. The van der Waals surface area contributed by atoms with Gasteiger partial charge < -0.3 is 9.47 Å². The van der Waals surface area contributed by atoms with Crippen LogP contribution in [0.15, 0.2) is 34.9 Å². The number of unbranched alkanes of at least 4 members (excludes halogenated alkanes) is 1. The molecule has 1 fully saturated rings. The zero-order chi connectivity index (χ0) is 36.6. The summed E-state index contributed by atoms with van der Waals surface area (Å²) in [6.45, 7) is 16.6. The molecule has 0 aromatic carbocycles. The molecule has 0 aromatic heterocycles. The molecule has 0 bridgehead atoms. The highest BCUT2D eigenvalue weighted by Gasteiger charge is 2.48. The Labute approximate surface area is 291 Å². The van der Waals surface area contributed by atoms with Gasteiger partial charge in [-0.25, -0.2) is 0 Å². The summed E-state index contributed by atoms with van der Waals surface area (Å²) >= 11 is 0. The van der Waals surface area contributed by atoms with Gasteiger partial charge in [-0.2, -0.15) is 8.42 Å². The highest BCUT2D eigenvalue weighted by Crippen LogP contribution is 2.57. The molecule has 1 aliphatic carbocycles. The van der Waals surface area contributed by atoms with E-state index in [2.05, 4.69) is 39.0 Å². The minimum Gasteiger partial charge on any atom is -0.438 e. The number of ether oxygens (including phenoxy) is 2. The van der Waals surface area contributed by atoms with Crippen LogP contribution in [0.25, 0.3) is 0 Å². The van der Waals surface area contributed by atoms with Gasteiger partial charge in [-0.1, -0.05) is 54.2 Å². The quantitative estimate of drug-likeness (QED) is 0.0299. The van der Waals surface area contributed by atoms with Crippen LogP contribution in [0.2, 0.25) is 0 Å². The van der Waals surface area contributed by atoms with E-state index in [1.54, 1.807) is 41.5 Å². The Hall–Kier alpha value is -1.78. The molecule has 0 heterocycles. The van der Waals surface area contributed by atoms with Gasteiger partial charge in [0, 0.05) is 0 Å². The number of rotatable bonds is 20. The fraction of sp³-hybridized carbons (Fsp3) is 0.778. The Balaban J connectivity index is 3.16. The summed E-state index contributed by atoms with van der Waals surface area (Å²) in [4.78, 5) is 23.1. The van der Waals surface area contributed by atoms with Crippen molar-refractivity contribution in [2.24, 2.45) is 10.8 Å². The Morgan fingerprint density at radius 1 is 0.750 bits per heavy atom. The second-order valence-corrected chi connectivity index (χ2v) is 19.4. The van der Waals surface area contributed by atoms with Gasteiger partial charge in [-0.15, -0.1) is 0 Å². The molecule has 0 spiro atoms. The van der Waals surface area contributed by atoms with Crippen LogP contribution in [0.1, 0.15) is 146 Å². The maximum absolute atomic E-state index is 14.4. The zero-order valence-corrected chi connectivity index (χ0v) is 32.9. The fourth-order valence-corrected chi connectivity index (χ4v) is 9.04. The maximum atomic E-state index is 14.4. The van der Waals surface area contributed by atoms with Crippen molar-refractivity contribution in [2.45, 2.75) is 157 Å². The van der Waals surface area contributed by atoms with Gasteiger partial charge in [0.1, 0.15) is 0 Å². The highest BCUT2D eigenvalue weighted by molar-refractivity contribution is 7.94. The van der Waals surface area contributed by atoms with E-state index in [0.717, 1.165) is 44.9 Å². The number of esters is 2. The van der Waals surface area contributed by atoms with Crippen LogP contribution < -0.4 is 0 Å². The lowest BCUT2D eigenvalue weighted by molar-refractivity contribution is -0.162. The molecule has 1 saturated carbocycles. The molecule has 0 aromatic rings. The SMILES string of the molecule is CC(C)=CCC/C(C)=C/CC/C(C)=C/CCCC(P(=O)(OCOC(=O)C(C)(C)C)OCOC(=O)C(C)(C)C)S(=O)(=O)OC1CCCCC1. The molecule has 0 radical (unpaired) electrons. The van der Waals surface area contributed by atoms with Crippen molar-refractivity contribution < 1.29 is 45.3 Å². The topological polar surface area (TPSA) is 131 Å². The summed E-state index contributed by atoms with van der Waals surface area (Å²) in [5, 5.41) is 0. The number of hydrogen-bond acceptors (Lipinski definition) is 10. The van der Waals surface area contributed by atoms with Crippen molar-refractivity contribution in [2.75, 3.05) is 13.6 Å². The predicted octanol–water partition coefficient (Wildman–Crippen LogP) is 9.90. The van der Waals surface area contributed by atoms with E-state index in [0.29, 0.717) is 25.7 Å². The summed E-state index contributed by atoms with van der Waals surface area (Å²) in [5.74, 6) is -1.27. The second-order valence-electron chi connectivity index (χ2n) is 15.1. The fourth-order valence-electron chi connectivity index (χ4n) is 4.80. The number of allylic oxidation sites excluding steroid dienone is 6. The lowest BCUT2D eigenvalue weighted by atomic mass is 9.98. The average molecular weight is 719 g/mol. The third-order valence-electron chi connectivity index (χ3n) is 7.85. The first kappa shape index (κ1) is 44.2. The molecule has 0 amide bonds. The number of carbonyl (C=O) groups is 2. The van der Waals surface area contributed by atoms with Crippen LogP contribution in [0.4, 0.5) is 0 Å². The van der Waals surface area contributed by atoms with Crippen molar-refractivity contribution in [3.05, 3.63) is 34.9 Å². The summed E-state index contributed by atoms with van der Waals surface area (Å²) in [6, 6.07) is 0. The zero-order valence-electron chi connectivity index (χ0n) is 31.2. The minimum absolute atomic E-state index is 0.111. The van der Waals surface area contributed by atoms with E-state index in [9.17, 15) is 22.6 Å². The molecule has 0 aliphatic heterocycles. The van der Waals surface area contributed by atoms with E-state index in [-0.39, 0.29) is 6.42 Å². The first-order valence-corrected chi connectivity index (χ1v) is 20.4. The van der Waals surface area contributed by atoms with E-state index in [1.165, 1.54) is 16.7 Å². The second kappa shape index (κ2) is 20.8. The maximum Gasteiger partial charge on any atom is 0.357 e. The Kier molecular flexibility index (Phi) is 19.2. The number of carbonyl (C=O) groups excluding carboxylic acids is 2. The van der Waals surface area contributed by atoms with Crippen LogP contribution in [-0.4, -0.2) is 45.0 Å². The van der Waals surface area contributed by atoms with Crippen LogP contribution >= 0.6 is 7.60 Å². The molecule has 10 nitrogen and oxygen atoms in total. The van der Waals surface area contributed by atoms with Crippen molar-refractivity contribution >= 4 is 29.7 Å². The molecule has 1 rings (SSSR count). The van der Waals surface area contributed by atoms with Gasteiger partial charge in [0.25, 0.3) is 10.1 Å². The van der Waals surface area contributed by atoms with Gasteiger partial charge in [0.15, 0.2) is 4.99 Å². The van der Waals surface area contributed by atoms with Crippen LogP contribution in [0.5, 0.6) is 0 Å². The molecular weight excluding hydrogens is 655 g/mol. The Morgan fingerprint density at radius 3 is 1.67 bits per heavy atom. The highest BCUT2D eigenvalue weighted by atomic mass is 32.2. The molecule has 0 saturated heterocycles.